The molecule has 0 fully saturated rings. The summed E-state index contributed by atoms with van der Waals surface area (Å²) in [7, 11) is 3.22. The van der Waals surface area contributed by atoms with Gasteiger partial charge < -0.3 is 23.8 Å². The van der Waals surface area contributed by atoms with E-state index >= 15 is 0 Å². The molecule has 2 heterocycles. The molecule has 8 nitrogen and oxygen atoms in total. The van der Waals surface area contributed by atoms with Gasteiger partial charge in [-0.2, -0.15) is 0 Å². The van der Waals surface area contributed by atoms with Crippen molar-refractivity contribution in [2.75, 3.05) is 20.8 Å². The Kier molecular flexibility index (Phi) is 6.74. The fraction of sp³-hybridized carbons (Fsp3) is 0.320. The van der Waals surface area contributed by atoms with Crippen LogP contribution in [0.15, 0.2) is 51.7 Å². The summed E-state index contributed by atoms with van der Waals surface area (Å²) in [5, 5.41) is 3.81. The number of aromatic nitrogens is 2. The molecule has 0 saturated carbocycles. The van der Waals surface area contributed by atoms with Crippen molar-refractivity contribution in [3.8, 4) is 5.75 Å². The fourth-order valence-corrected chi connectivity index (χ4v) is 3.98. The van der Waals surface area contributed by atoms with Gasteiger partial charge in [-0.05, 0) is 42.7 Å². The highest BCUT2D eigenvalue weighted by molar-refractivity contribution is 5.83. The third kappa shape index (κ3) is 4.90. The van der Waals surface area contributed by atoms with Gasteiger partial charge >= 0.3 is 5.63 Å². The van der Waals surface area contributed by atoms with Gasteiger partial charge in [0.2, 0.25) is 5.91 Å². The Labute approximate surface area is 191 Å². The summed E-state index contributed by atoms with van der Waals surface area (Å²) >= 11 is 0. The Morgan fingerprint density at radius 1 is 1.18 bits per heavy atom. The molecule has 1 N–H and O–H groups in total. The summed E-state index contributed by atoms with van der Waals surface area (Å²) in [6, 6.07) is 13.0. The highest BCUT2D eigenvalue weighted by Crippen LogP contribution is 2.28. The SMILES string of the molecule is COCCn1c(CNC(=O)CCc2cc3c(C)cc(=O)oc3cc2OC)nc2ccccc21. The van der Waals surface area contributed by atoms with E-state index in [2.05, 4.69) is 14.9 Å². The first kappa shape index (κ1) is 22.5. The van der Waals surface area contributed by atoms with E-state index in [9.17, 15) is 9.59 Å². The molecule has 0 aliphatic carbocycles. The molecule has 33 heavy (non-hydrogen) atoms. The maximum Gasteiger partial charge on any atom is 0.336 e. The molecular formula is C25H27N3O5. The van der Waals surface area contributed by atoms with E-state index in [0.29, 0.717) is 37.4 Å². The van der Waals surface area contributed by atoms with Gasteiger partial charge in [0.05, 0.1) is 31.3 Å². The van der Waals surface area contributed by atoms with Crippen molar-refractivity contribution < 1.29 is 18.7 Å². The first-order valence-electron chi connectivity index (χ1n) is 10.8. The monoisotopic (exact) mass is 449 g/mol. The maximum atomic E-state index is 12.6. The van der Waals surface area contributed by atoms with Crippen molar-refractivity contribution in [1.29, 1.82) is 0 Å². The summed E-state index contributed by atoms with van der Waals surface area (Å²) in [5.41, 5.74) is 3.68. The summed E-state index contributed by atoms with van der Waals surface area (Å²) in [6.45, 7) is 3.41. The second-order valence-corrected chi connectivity index (χ2v) is 7.85. The van der Waals surface area contributed by atoms with Crippen LogP contribution in [0.5, 0.6) is 5.75 Å². The standard InChI is InChI=1S/C25H27N3O5/c1-16-12-25(30)33-22-14-21(32-3)17(13-18(16)22)8-9-24(29)26-15-23-27-19-6-4-5-7-20(19)28(23)10-11-31-2/h4-7,12-14H,8-11,15H2,1-3H3,(H,26,29). The topological polar surface area (TPSA) is 95.6 Å². The van der Waals surface area contributed by atoms with Crippen LogP contribution in [0.4, 0.5) is 0 Å². The van der Waals surface area contributed by atoms with E-state index in [4.69, 9.17) is 13.9 Å². The molecular weight excluding hydrogens is 422 g/mol. The lowest BCUT2D eigenvalue weighted by molar-refractivity contribution is -0.121. The lowest BCUT2D eigenvalue weighted by Gasteiger charge is -2.12. The van der Waals surface area contributed by atoms with E-state index in [1.807, 2.05) is 37.3 Å². The average molecular weight is 450 g/mol. The number of rotatable bonds is 9. The number of methoxy groups -OCH3 is 2. The Balaban J connectivity index is 1.46. The highest BCUT2D eigenvalue weighted by Gasteiger charge is 2.14. The number of imidazole rings is 1. The van der Waals surface area contributed by atoms with Crippen molar-refractivity contribution in [3.05, 3.63) is 69.8 Å². The molecule has 0 aliphatic heterocycles. The number of benzene rings is 2. The van der Waals surface area contributed by atoms with Crippen LogP contribution in [0.3, 0.4) is 0 Å². The van der Waals surface area contributed by atoms with Gasteiger partial charge in [0.15, 0.2) is 0 Å². The van der Waals surface area contributed by atoms with Crippen molar-refractivity contribution in [2.24, 2.45) is 0 Å². The second-order valence-electron chi connectivity index (χ2n) is 7.85. The van der Waals surface area contributed by atoms with Crippen molar-refractivity contribution >= 4 is 27.9 Å². The Morgan fingerprint density at radius 2 is 2.00 bits per heavy atom. The van der Waals surface area contributed by atoms with Crippen LogP contribution in [0.1, 0.15) is 23.4 Å². The molecule has 0 aliphatic rings. The molecule has 4 rings (SSSR count). The number of nitrogens with zero attached hydrogens (tertiary/aromatic N) is 2. The number of fused-ring (bicyclic) bond motifs is 2. The number of carbonyl (C=O) groups excluding carboxylic acids is 1. The average Bonchev–Trinajstić information content (AvgIpc) is 3.16. The predicted molar refractivity (Wildman–Crippen MR) is 126 cm³/mol. The van der Waals surface area contributed by atoms with Crippen molar-refractivity contribution in [3.63, 3.8) is 0 Å². The minimum absolute atomic E-state index is 0.0844. The first-order chi connectivity index (χ1) is 16.0. The molecule has 0 atom stereocenters. The molecule has 0 radical (unpaired) electrons. The van der Waals surface area contributed by atoms with Crippen LogP contribution >= 0.6 is 0 Å². The van der Waals surface area contributed by atoms with E-state index in [0.717, 1.165) is 33.4 Å². The summed E-state index contributed by atoms with van der Waals surface area (Å²) in [5.74, 6) is 1.29. The highest BCUT2D eigenvalue weighted by atomic mass is 16.5. The van der Waals surface area contributed by atoms with Gasteiger partial charge in [0, 0.05) is 37.6 Å². The summed E-state index contributed by atoms with van der Waals surface area (Å²) < 4.78 is 18.0. The van der Waals surface area contributed by atoms with Crippen LogP contribution in [0, 0.1) is 6.92 Å². The molecule has 0 bridgehead atoms. The smallest absolute Gasteiger partial charge is 0.336 e. The first-order valence-corrected chi connectivity index (χ1v) is 10.8. The van der Waals surface area contributed by atoms with Crippen LogP contribution in [-0.2, 0) is 29.0 Å². The van der Waals surface area contributed by atoms with Crippen molar-refractivity contribution in [2.45, 2.75) is 32.9 Å². The van der Waals surface area contributed by atoms with Gasteiger partial charge in [-0.1, -0.05) is 12.1 Å². The molecule has 2 aromatic carbocycles. The van der Waals surface area contributed by atoms with E-state index in [1.54, 1.807) is 20.3 Å². The number of para-hydroxylation sites is 2. The van der Waals surface area contributed by atoms with Crippen LogP contribution in [0.25, 0.3) is 22.0 Å². The normalized spacial score (nSPS) is 11.2. The zero-order valence-corrected chi connectivity index (χ0v) is 19.0. The molecule has 4 aromatic rings. The number of hydrogen-bond donors (Lipinski definition) is 1. The van der Waals surface area contributed by atoms with Crippen LogP contribution in [0.2, 0.25) is 0 Å². The second kappa shape index (κ2) is 9.87. The molecule has 0 saturated heterocycles. The van der Waals surface area contributed by atoms with Crippen LogP contribution < -0.4 is 15.7 Å². The fourth-order valence-electron chi connectivity index (χ4n) is 3.98. The summed E-state index contributed by atoms with van der Waals surface area (Å²) in [4.78, 5) is 29.0. The maximum absolute atomic E-state index is 12.6. The Morgan fingerprint density at radius 3 is 2.79 bits per heavy atom. The van der Waals surface area contributed by atoms with E-state index in [-0.39, 0.29) is 12.3 Å². The van der Waals surface area contributed by atoms with Gasteiger partial charge in [-0.3, -0.25) is 4.79 Å². The minimum atomic E-state index is -0.397. The third-order valence-corrected chi connectivity index (χ3v) is 5.67. The van der Waals surface area contributed by atoms with Crippen LogP contribution in [-0.4, -0.2) is 36.3 Å². The number of nitrogens with one attached hydrogen (secondary N) is 1. The minimum Gasteiger partial charge on any atom is -0.496 e. The lowest BCUT2D eigenvalue weighted by Crippen LogP contribution is -2.25. The predicted octanol–water partition coefficient (Wildman–Crippen LogP) is 3.36. The number of hydrogen-bond acceptors (Lipinski definition) is 6. The molecule has 172 valence electrons. The molecule has 2 aromatic heterocycles. The van der Waals surface area contributed by atoms with E-state index < -0.39 is 5.63 Å². The quantitative estimate of drug-likeness (QED) is 0.394. The number of carbonyl (C=O) groups is 1. The Hall–Kier alpha value is -3.65. The zero-order chi connectivity index (χ0) is 23.4. The number of ether oxygens (including phenoxy) is 2. The van der Waals surface area contributed by atoms with Crippen molar-refractivity contribution in [1.82, 2.24) is 14.9 Å². The largest absolute Gasteiger partial charge is 0.496 e. The van der Waals surface area contributed by atoms with E-state index in [1.165, 1.54) is 6.07 Å². The third-order valence-electron chi connectivity index (χ3n) is 5.67. The number of aryl methyl sites for hydroxylation is 2. The molecule has 0 unspecified atom stereocenters. The van der Waals surface area contributed by atoms with Gasteiger partial charge in [0.25, 0.3) is 0 Å². The van der Waals surface area contributed by atoms with Gasteiger partial charge in [-0.15, -0.1) is 0 Å². The summed E-state index contributed by atoms with van der Waals surface area (Å²) in [6.07, 6.45) is 0.777. The zero-order valence-electron chi connectivity index (χ0n) is 19.0. The molecule has 1 amide bonds. The van der Waals surface area contributed by atoms with Gasteiger partial charge in [-0.25, -0.2) is 9.78 Å². The Bertz CT molecular complexity index is 1360. The molecule has 0 spiro atoms. The lowest BCUT2D eigenvalue weighted by atomic mass is 10.0. The molecule has 8 heteroatoms. The van der Waals surface area contributed by atoms with Gasteiger partial charge in [0.1, 0.15) is 17.2 Å². The number of amides is 1.